The van der Waals surface area contributed by atoms with E-state index in [1.807, 2.05) is 11.2 Å². The van der Waals surface area contributed by atoms with E-state index in [9.17, 15) is 13.2 Å². The van der Waals surface area contributed by atoms with E-state index in [0.29, 0.717) is 22.3 Å². The van der Waals surface area contributed by atoms with Crippen LogP contribution in [-0.2, 0) is 0 Å². The molecule has 0 fully saturated rings. The second kappa shape index (κ2) is 11.0. The first-order valence-electron chi connectivity index (χ1n) is 9.63. The SMILES string of the molecule is CCCCSc1ccc(C#Cc2ccc(-c3cc(F)c(N=C=S)c(F)c3)cc2)c(F)c1. The predicted molar refractivity (Wildman–Crippen MR) is 124 cm³/mol. The third-order valence-electron chi connectivity index (χ3n) is 4.44. The molecule has 0 bridgehead atoms. The second-order valence-electron chi connectivity index (χ2n) is 6.66. The molecule has 6 heteroatoms. The van der Waals surface area contributed by atoms with Crippen molar-refractivity contribution in [2.45, 2.75) is 24.7 Å². The van der Waals surface area contributed by atoms with Crippen molar-refractivity contribution >= 4 is 34.8 Å². The molecule has 0 aliphatic rings. The van der Waals surface area contributed by atoms with E-state index in [-0.39, 0.29) is 5.82 Å². The van der Waals surface area contributed by atoms with Crippen molar-refractivity contribution in [2.24, 2.45) is 4.99 Å². The van der Waals surface area contributed by atoms with Crippen LogP contribution in [0.15, 0.2) is 64.5 Å². The first kappa shape index (κ1) is 22.8. The lowest BCUT2D eigenvalue weighted by Crippen LogP contribution is -1.87. The first-order chi connectivity index (χ1) is 15.0. The summed E-state index contributed by atoms with van der Waals surface area (Å²) in [7, 11) is 0. The summed E-state index contributed by atoms with van der Waals surface area (Å²) in [5.41, 5.74) is 1.49. The number of benzene rings is 3. The van der Waals surface area contributed by atoms with Gasteiger partial charge >= 0.3 is 0 Å². The molecule has 0 aromatic heterocycles. The summed E-state index contributed by atoms with van der Waals surface area (Å²) in [5, 5.41) is 1.96. The zero-order valence-electron chi connectivity index (χ0n) is 16.7. The van der Waals surface area contributed by atoms with Crippen molar-refractivity contribution in [3.63, 3.8) is 0 Å². The Bertz CT molecular complexity index is 1160. The van der Waals surface area contributed by atoms with Crippen LogP contribution in [0.4, 0.5) is 18.9 Å². The fourth-order valence-corrected chi connectivity index (χ4v) is 3.90. The molecule has 156 valence electrons. The van der Waals surface area contributed by atoms with E-state index >= 15 is 0 Å². The summed E-state index contributed by atoms with van der Waals surface area (Å²) in [6, 6.07) is 14.3. The number of hydrogen-bond acceptors (Lipinski definition) is 3. The molecule has 3 rings (SSSR count). The van der Waals surface area contributed by atoms with Crippen LogP contribution in [0.2, 0.25) is 0 Å². The lowest BCUT2D eigenvalue weighted by Gasteiger charge is -2.05. The number of rotatable bonds is 6. The van der Waals surface area contributed by atoms with E-state index in [2.05, 4.69) is 36.0 Å². The summed E-state index contributed by atoms with van der Waals surface area (Å²) < 4.78 is 42.4. The van der Waals surface area contributed by atoms with Gasteiger partial charge in [-0.05, 0) is 78.0 Å². The average Bonchev–Trinajstić information content (AvgIpc) is 2.76. The van der Waals surface area contributed by atoms with Crippen molar-refractivity contribution in [3.05, 3.63) is 83.2 Å². The normalized spacial score (nSPS) is 10.2. The van der Waals surface area contributed by atoms with Crippen LogP contribution < -0.4 is 0 Å². The van der Waals surface area contributed by atoms with E-state index in [1.165, 1.54) is 18.2 Å². The molecule has 0 heterocycles. The van der Waals surface area contributed by atoms with Crippen molar-refractivity contribution in [1.29, 1.82) is 0 Å². The summed E-state index contributed by atoms with van der Waals surface area (Å²) in [4.78, 5) is 4.29. The van der Waals surface area contributed by atoms with E-state index in [1.54, 1.807) is 42.1 Å². The monoisotopic (exact) mass is 453 g/mol. The Morgan fingerprint density at radius 2 is 1.58 bits per heavy atom. The number of isothiocyanates is 1. The second-order valence-corrected chi connectivity index (χ2v) is 8.01. The molecule has 3 aromatic carbocycles. The number of halogens is 3. The molecule has 0 N–H and O–H groups in total. The minimum atomic E-state index is -0.817. The Balaban J connectivity index is 1.77. The molecule has 0 aliphatic carbocycles. The van der Waals surface area contributed by atoms with Crippen molar-refractivity contribution in [1.82, 2.24) is 0 Å². The average molecular weight is 454 g/mol. The van der Waals surface area contributed by atoms with Crippen molar-refractivity contribution in [2.75, 3.05) is 5.75 Å². The van der Waals surface area contributed by atoms with Gasteiger partial charge in [-0.1, -0.05) is 37.3 Å². The highest BCUT2D eigenvalue weighted by Gasteiger charge is 2.11. The van der Waals surface area contributed by atoms with Gasteiger partial charge in [0.25, 0.3) is 0 Å². The molecular weight excluding hydrogens is 435 g/mol. The van der Waals surface area contributed by atoms with Gasteiger partial charge in [-0.25, -0.2) is 13.2 Å². The number of thioether (sulfide) groups is 1. The van der Waals surface area contributed by atoms with Crippen LogP contribution in [0, 0.1) is 29.3 Å². The highest BCUT2D eigenvalue weighted by Crippen LogP contribution is 2.29. The molecule has 3 aromatic rings. The minimum absolute atomic E-state index is 0.322. The molecule has 0 amide bonds. The fraction of sp³-hybridized carbons (Fsp3) is 0.160. The van der Waals surface area contributed by atoms with Crippen LogP contribution in [0.1, 0.15) is 30.9 Å². The maximum absolute atomic E-state index is 14.3. The van der Waals surface area contributed by atoms with Gasteiger partial charge in [0.15, 0.2) is 11.6 Å². The van der Waals surface area contributed by atoms with Crippen molar-refractivity contribution < 1.29 is 13.2 Å². The lowest BCUT2D eigenvalue weighted by atomic mass is 10.0. The van der Waals surface area contributed by atoms with Gasteiger partial charge in [0.05, 0.1) is 10.7 Å². The maximum Gasteiger partial charge on any atom is 0.153 e. The van der Waals surface area contributed by atoms with Crippen LogP contribution in [0.5, 0.6) is 0 Å². The van der Waals surface area contributed by atoms with Gasteiger partial charge in [0.2, 0.25) is 0 Å². The summed E-state index contributed by atoms with van der Waals surface area (Å²) in [6.45, 7) is 2.12. The van der Waals surface area contributed by atoms with Gasteiger partial charge in [0, 0.05) is 10.5 Å². The van der Waals surface area contributed by atoms with Crippen molar-refractivity contribution in [3.8, 4) is 23.0 Å². The van der Waals surface area contributed by atoms with Gasteiger partial charge in [0.1, 0.15) is 11.5 Å². The zero-order chi connectivity index (χ0) is 22.2. The minimum Gasteiger partial charge on any atom is -0.206 e. The zero-order valence-corrected chi connectivity index (χ0v) is 18.3. The molecule has 0 unspecified atom stereocenters. The number of nitrogens with zero attached hydrogens (tertiary/aromatic N) is 1. The highest BCUT2D eigenvalue weighted by molar-refractivity contribution is 7.99. The van der Waals surface area contributed by atoms with Crippen LogP contribution in [-0.4, -0.2) is 10.9 Å². The van der Waals surface area contributed by atoms with Gasteiger partial charge in [-0.2, -0.15) is 4.99 Å². The van der Waals surface area contributed by atoms with Crippen LogP contribution in [0.3, 0.4) is 0 Å². The molecule has 0 saturated heterocycles. The lowest BCUT2D eigenvalue weighted by molar-refractivity contribution is 0.588. The molecule has 1 nitrogen and oxygen atoms in total. The Morgan fingerprint density at radius 1 is 0.871 bits per heavy atom. The topological polar surface area (TPSA) is 12.4 Å². The van der Waals surface area contributed by atoms with Crippen LogP contribution in [0.25, 0.3) is 11.1 Å². The maximum atomic E-state index is 14.3. The summed E-state index contributed by atoms with van der Waals surface area (Å²) >= 11 is 6.03. The molecular formula is C25H18F3NS2. The molecule has 31 heavy (non-hydrogen) atoms. The largest absolute Gasteiger partial charge is 0.206 e. The van der Waals surface area contributed by atoms with Crippen LogP contribution >= 0.6 is 24.0 Å². The highest BCUT2D eigenvalue weighted by atomic mass is 32.2. The Hall–Kier alpha value is -2.84. The van der Waals surface area contributed by atoms with E-state index in [4.69, 9.17) is 0 Å². The molecule has 0 radical (unpaired) electrons. The smallest absolute Gasteiger partial charge is 0.153 e. The number of hydrogen-bond donors (Lipinski definition) is 0. The standard InChI is InChI=1S/C25H18F3NS2/c1-2-3-12-31-21-11-10-19(22(26)15-21)9-6-17-4-7-18(8-5-17)20-13-23(27)25(29-16-30)24(28)14-20/h4-5,7-8,10-11,13-15H,2-3,12H2,1H3. The van der Waals surface area contributed by atoms with Gasteiger partial charge < -0.3 is 0 Å². The van der Waals surface area contributed by atoms with Gasteiger partial charge in [-0.3, -0.25) is 0 Å². The molecule has 0 aliphatic heterocycles. The third kappa shape index (κ3) is 6.08. The number of aliphatic imine (C=N–C) groups is 1. The number of thiocarbonyl (C=S) groups is 1. The van der Waals surface area contributed by atoms with E-state index in [0.717, 1.165) is 23.5 Å². The predicted octanol–water partition coefficient (Wildman–Crippen LogP) is 7.80. The molecule has 0 saturated carbocycles. The fourth-order valence-electron chi connectivity index (χ4n) is 2.79. The first-order valence-corrected chi connectivity index (χ1v) is 11.0. The quantitative estimate of drug-likeness (QED) is 0.124. The summed E-state index contributed by atoms with van der Waals surface area (Å²) in [6.07, 6.45) is 2.20. The Kier molecular flexibility index (Phi) is 8.08. The molecule has 0 spiro atoms. The summed E-state index contributed by atoms with van der Waals surface area (Å²) in [5.74, 6) is 4.74. The van der Waals surface area contributed by atoms with E-state index < -0.39 is 17.3 Å². The Labute approximate surface area is 189 Å². The van der Waals surface area contributed by atoms with Gasteiger partial charge in [-0.15, -0.1) is 11.8 Å². The third-order valence-corrected chi connectivity index (χ3v) is 5.61. The number of unbranched alkanes of at least 4 members (excludes halogenated alkanes) is 1. The molecule has 0 atom stereocenters. The Morgan fingerprint density at radius 3 is 2.19 bits per heavy atom.